The number of nitrogens with one attached hydrogen (secondary N) is 4. The summed E-state index contributed by atoms with van der Waals surface area (Å²) in [5.41, 5.74) is -2.42. The minimum absolute atomic E-state index is 0.116. The third-order valence-corrected chi connectivity index (χ3v) is 12.8. The highest BCUT2D eigenvalue weighted by atomic mass is 32.2. The predicted octanol–water partition coefficient (Wildman–Crippen LogP) is 4.06. The summed E-state index contributed by atoms with van der Waals surface area (Å²) in [5.74, 6) is -4.82. The van der Waals surface area contributed by atoms with E-state index < -0.39 is 98.8 Å². The van der Waals surface area contributed by atoms with E-state index in [2.05, 4.69) is 27.8 Å². The van der Waals surface area contributed by atoms with Crippen LogP contribution < -0.4 is 21.3 Å². The second-order valence-electron chi connectivity index (χ2n) is 16.3. The van der Waals surface area contributed by atoms with Crippen molar-refractivity contribution in [2.24, 2.45) is 22.7 Å². The summed E-state index contributed by atoms with van der Waals surface area (Å²) in [6, 6.07) is 2.98. The first kappa shape index (κ1) is 41.8. The fraction of sp³-hybridized carbons (Fsp3) is 0.649. The van der Waals surface area contributed by atoms with Gasteiger partial charge in [-0.25, -0.2) is 13.2 Å². The Bertz CT molecular complexity index is 1670. The smallest absolute Gasteiger partial charge is 0.346 e. The molecule has 1 saturated heterocycles. The molecule has 4 N–H and O–H groups in total. The summed E-state index contributed by atoms with van der Waals surface area (Å²) >= 11 is 0. The van der Waals surface area contributed by atoms with Gasteiger partial charge in [0.25, 0.3) is 5.91 Å². The first-order valence-electron chi connectivity index (χ1n) is 18.0. The van der Waals surface area contributed by atoms with E-state index in [-0.39, 0.29) is 29.7 Å². The molecular formula is C37H52F3N5O7S. The van der Waals surface area contributed by atoms with Crippen LogP contribution >= 0.6 is 0 Å². The number of piperidine rings is 1. The number of hydrogen-bond acceptors (Lipinski definition) is 7. The quantitative estimate of drug-likeness (QED) is 0.164. The summed E-state index contributed by atoms with van der Waals surface area (Å²) in [6.07, 6.45) is -2.64. The molecule has 0 radical (unpaired) electrons. The second kappa shape index (κ2) is 15.8. The molecule has 0 spiro atoms. The predicted molar refractivity (Wildman–Crippen MR) is 191 cm³/mol. The summed E-state index contributed by atoms with van der Waals surface area (Å²) in [5, 5.41) is 10.3. The van der Waals surface area contributed by atoms with Gasteiger partial charge in [0.2, 0.25) is 17.6 Å². The third-order valence-electron chi connectivity index (χ3n) is 10.9. The number of amides is 5. The molecule has 0 aromatic heterocycles. The van der Waals surface area contributed by atoms with Gasteiger partial charge in [-0.3, -0.25) is 19.2 Å². The minimum Gasteiger partial charge on any atom is -0.346 e. The molecule has 4 rings (SSSR count). The highest BCUT2D eigenvalue weighted by Gasteiger charge is 2.70. The Labute approximate surface area is 309 Å². The van der Waals surface area contributed by atoms with Crippen molar-refractivity contribution >= 4 is 39.4 Å². The lowest BCUT2D eigenvalue weighted by atomic mass is 9.83. The monoisotopic (exact) mass is 767 g/mol. The van der Waals surface area contributed by atoms with E-state index in [0.717, 1.165) is 6.42 Å². The Morgan fingerprint density at radius 3 is 2.19 bits per heavy atom. The minimum atomic E-state index is -4.67. The molecule has 294 valence electrons. The van der Waals surface area contributed by atoms with Crippen molar-refractivity contribution in [3.8, 4) is 0 Å². The maximum absolute atomic E-state index is 14.4. The lowest BCUT2D eigenvalue weighted by molar-refractivity contribution is -0.148. The van der Waals surface area contributed by atoms with Gasteiger partial charge in [-0.15, -0.1) is 6.58 Å². The van der Waals surface area contributed by atoms with E-state index in [4.69, 9.17) is 0 Å². The number of halogens is 3. The van der Waals surface area contributed by atoms with Crippen LogP contribution in [0.25, 0.3) is 0 Å². The normalized spacial score (nSPS) is 23.1. The fourth-order valence-corrected chi connectivity index (χ4v) is 9.72. The Morgan fingerprint density at radius 1 is 1.00 bits per heavy atom. The van der Waals surface area contributed by atoms with Crippen molar-refractivity contribution in [3.63, 3.8) is 0 Å². The van der Waals surface area contributed by atoms with Crippen LogP contribution in [-0.2, 0) is 29.0 Å². The molecule has 0 bridgehead atoms. The highest BCUT2D eigenvalue weighted by Crippen LogP contribution is 2.65. The van der Waals surface area contributed by atoms with Crippen molar-refractivity contribution in [1.82, 2.24) is 26.2 Å². The Hall–Kier alpha value is -3.95. The molecule has 2 aliphatic carbocycles. The van der Waals surface area contributed by atoms with Gasteiger partial charge in [-0.1, -0.05) is 78.2 Å². The molecule has 1 aromatic rings. The molecule has 1 heterocycles. The zero-order valence-corrected chi connectivity index (χ0v) is 31.8. The van der Waals surface area contributed by atoms with Crippen LogP contribution in [0.15, 0.2) is 47.9 Å². The van der Waals surface area contributed by atoms with Gasteiger partial charge in [0, 0.05) is 19.5 Å². The van der Waals surface area contributed by atoms with Gasteiger partial charge < -0.3 is 26.2 Å². The third kappa shape index (κ3) is 9.98. The molecule has 5 atom stereocenters. The van der Waals surface area contributed by atoms with Crippen LogP contribution in [0, 0.1) is 22.7 Å². The number of carbonyl (C=O) groups is 5. The van der Waals surface area contributed by atoms with Gasteiger partial charge in [0.15, 0.2) is 9.84 Å². The van der Waals surface area contributed by atoms with E-state index in [1.54, 1.807) is 39.0 Å². The average Bonchev–Trinajstić information content (AvgIpc) is 3.37. The lowest BCUT2D eigenvalue weighted by Crippen LogP contribution is -2.63. The van der Waals surface area contributed by atoms with Crippen LogP contribution in [0.3, 0.4) is 0 Å². The Kier molecular flexibility index (Phi) is 12.5. The van der Waals surface area contributed by atoms with E-state index in [9.17, 15) is 45.6 Å². The fourth-order valence-electron chi connectivity index (χ4n) is 7.89. The van der Waals surface area contributed by atoms with Crippen molar-refractivity contribution in [2.45, 2.75) is 114 Å². The number of fused-ring (bicyclic) bond motifs is 1. The summed E-state index contributed by atoms with van der Waals surface area (Å²) < 4.78 is 66.6. The Morgan fingerprint density at radius 2 is 1.62 bits per heavy atom. The van der Waals surface area contributed by atoms with Crippen molar-refractivity contribution in [3.05, 3.63) is 43.0 Å². The van der Waals surface area contributed by atoms with Crippen LogP contribution in [0.2, 0.25) is 0 Å². The maximum Gasteiger partial charge on any atom is 0.389 e. The molecule has 2 saturated carbocycles. The van der Waals surface area contributed by atoms with Gasteiger partial charge in [-0.2, -0.15) is 13.2 Å². The first-order valence-corrected chi connectivity index (χ1v) is 19.7. The Balaban J connectivity index is 1.57. The molecule has 1 aromatic carbocycles. The highest BCUT2D eigenvalue weighted by molar-refractivity contribution is 7.91. The van der Waals surface area contributed by atoms with Crippen LogP contribution in [0.4, 0.5) is 18.0 Å². The summed E-state index contributed by atoms with van der Waals surface area (Å²) in [6.45, 7) is 12.4. The van der Waals surface area contributed by atoms with Crippen LogP contribution in [0.1, 0.15) is 79.6 Å². The van der Waals surface area contributed by atoms with Gasteiger partial charge >= 0.3 is 12.2 Å². The van der Waals surface area contributed by atoms with Crippen LogP contribution in [0.5, 0.6) is 0 Å². The van der Waals surface area contributed by atoms with Crippen molar-refractivity contribution in [2.75, 3.05) is 18.8 Å². The van der Waals surface area contributed by atoms with Crippen LogP contribution in [-0.4, -0.2) is 91.5 Å². The van der Waals surface area contributed by atoms with Crippen molar-refractivity contribution in [1.29, 1.82) is 0 Å². The molecule has 12 nitrogen and oxygen atoms in total. The summed E-state index contributed by atoms with van der Waals surface area (Å²) in [4.78, 5) is 69.0. The number of sulfone groups is 1. The van der Waals surface area contributed by atoms with E-state index >= 15 is 0 Å². The van der Waals surface area contributed by atoms with Gasteiger partial charge in [0.05, 0.1) is 22.2 Å². The molecule has 16 heteroatoms. The number of ketones is 1. The first-order chi connectivity index (χ1) is 24.5. The number of likely N-dealkylation sites (tertiary alicyclic amines) is 1. The zero-order chi connectivity index (χ0) is 39.6. The molecule has 3 fully saturated rings. The topological polar surface area (TPSA) is 171 Å². The number of hydrogen-bond donors (Lipinski definition) is 4. The standard InChI is InChI=1S/C37H52F3N5O7S/c1-7-20-41-31(48)28(46)25(16-19-37(38,39)40)42-30(47)27-26-24(35(26,5)6)21-45(27)32(49)29(34(2,3)4)43-33(50)44-36(17-12-9-13-18-36)22-53(51,52)23-14-10-8-11-15-23/h7-8,10-11,14-15,24-27,29H,1,9,12-13,16-22H2,2-6H3,(H,41,48)(H,42,47)(H2,43,44,50)/t24?,25?,26?,27-,29+/m0/s1. The van der Waals surface area contributed by atoms with Gasteiger partial charge in [0.1, 0.15) is 12.1 Å². The van der Waals surface area contributed by atoms with E-state index in [1.807, 2.05) is 13.8 Å². The number of alkyl halides is 3. The van der Waals surface area contributed by atoms with E-state index in [0.29, 0.717) is 25.7 Å². The molecule has 53 heavy (non-hydrogen) atoms. The SMILES string of the molecule is C=CCNC(=O)C(=O)C(CCC(F)(F)F)NC(=O)[C@@H]1C2C(CN1C(=O)[C@@H](NC(=O)NC1(CS(=O)(=O)c3ccccc3)CCCCC1)C(C)(C)C)C2(C)C. The molecule has 3 unspecified atom stereocenters. The number of rotatable bonds is 14. The van der Waals surface area contributed by atoms with E-state index in [1.165, 1.54) is 23.1 Å². The largest absolute Gasteiger partial charge is 0.389 e. The molecule has 3 aliphatic rings. The number of urea groups is 1. The number of Topliss-reactive ketones (excluding diaryl/α,β-unsaturated/α-hetero) is 1. The average molecular weight is 768 g/mol. The molecular weight excluding hydrogens is 715 g/mol. The van der Waals surface area contributed by atoms with Crippen molar-refractivity contribution < 1.29 is 45.6 Å². The number of carbonyl (C=O) groups excluding carboxylic acids is 5. The second-order valence-corrected chi connectivity index (χ2v) is 18.3. The number of benzene rings is 1. The zero-order valence-electron chi connectivity index (χ0n) is 31.0. The number of nitrogens with zero attached hydrogens (tertiary/aromatic N) is 1. The molecule has 5 amide bonds. The summed E-state index contributed by atoms with van der Waals surface area (Å²) in [7, 11) is -3.80. The maximum atomic E-state index is 14.4. The van der Waals surface area contributed by atoms with Gasteiger partial charge in [-0.05, 0) is 54.1 Å². The molecule has 1 aliphatic heterocycles. The lowest BCUT2D eigenvalue weighted by Gasteiger charge is -2.40.